The molecule has 6 heteroatoms. The fraction of sp³-hybridized carbons (Fsp3) is 0.462. The van der Waals surface area contributed by atoms with Crippen LogP contribution in [-0.2, 0) is 0 Å². The number of anilines is 1. The van der Waals surface area contributed by atoms with Crippen LogP contribution in [0.5, 0.6) is 0 Å². The molecule has 2 rings (SSSR count). The minimum Gasteiger partial charge on any atom is -0.362 e. The Morgan fingerprint density at radius 2 is 2.42 bits per heavy atom. The highest BCUT2D eigenvalue weighted by molar-refractivity contribution is 5.70. The van der Waals surface area contributed by atoms with Crippen LogP contribution in [0.15, 0.2) is 18.2 Å². The molecule has 0 radical (unpaired) electrons. The van der Waals surface area contributed by atoms with Gasteiger partial charge >= 0.3 is 5.69 Å². The molecule has 100 valence electrons. The van der Waals surface area contributed by atoms with Gasteiger partial charge in [-0.3, -0.25) is 10.1 Å². The number of nitrogens with one attached hydrogen (secondary N) is 1. The van der Waals surface area contributed by atoms with Gasteiger partial charge in [-0.25, -0.2) is 0 Å². The second-order valence-corrected chi connectivity index (χ2v) is 4.47. The quantitative estimate of drug-likeness (QED) is 0.657. The Hall–Kier alpha value is -2.13. The number of nitrogens with zero attached hydrogens (tertiary/aromatic N) is 3. The van der Waals surface area contributed by atoms with Gasteiger partial charge in [-0.05, 0) is 32.0 Å². The third-order valence-electron chi connectivity index (χ3n) is 3.44. The maximum absolute atomic E-state index is 11.2. The van der Waals surface area contributed by atoms with Crippen molar-refractivity contribution in [3.8, 4) is 6.07 Å². The minimum atomic E-state index is -0.459. The molecule has 1 heterocycles. The van der Waals surface area contributed by atoms with E-state index in [0.29, 0.717) is 12.2 Å². The number of nitriles is 1. The largest absolute Gasteiger partial charge is 0.362 e. The maximum atomic E-state index is 11.2. The summed E-state index contributed by atoms with van der Waals surface area (Å²) in [5.41, 5.74) is 0.575. The molecule has 0 saturated carbocycles. The summed E-state index contributed by atoms with van der Waals surface area (Å²) in [4.78, 5) is 12.8. The fourth-order valence-electron chi connectivity index (χ4n) is 2.58. The van der Waals surface area contributed by atoms with Gasteiger partial charge in [0.1, 0.15) is 17.3 Å². The average molecular weight is 260 g/mol. The maximum Gasteiger partial charge on any atom is 0.310 e. The van der Waals surface area contributed by atoms with Crippen molar-refractivity contribution in [2.24, 2.45) is 0 Å². The molecule has 1 aliphatic heterocycles. The monoisotopic (exact) mass is 260 g/mol. The van der Waals surface area contributed by atoms with Gasteiger partial charge in [0.2, 0.25) is 0 Å². The Morgan fingerprint density at radius 1 is 1.63 bits per heavy atom. The summed E-state index contributed by atoms with van der Waals surface area (Å²) in [5, 5.41) is 23.5. The van der Waals surface area contributed by atoms with E-state index in [1.807, 2.05) is 17.9 Å². The number of hydrogen-bond acceptors (Lipinski definition) is 5. The molecule has 1 N–H and O–H groups in total. The molecule has 1 aromatic rings. The minimum absolute atomic E-state index is 0.0845. The second kappa shape index (κ2) is 5.67. The summed E-state index contributed by atoms with van der Waals surface area (Å²) in [5.74, 6) is 0. The van der Waals surface area contributed by atoms with Crippen molar-refractivity contribution >= 4 is 11.4 Å². The van der Waals surface area contributed by atoms with Crippen LogP contribution in [0.2, 0.25) is 0 Å². The van der Waals surface area contributed by atoms with Crippen molar-refractivity contribution in [3.63, 3.8) is 0 Å². The number of likely N-dealkylation sites (N-methyl/N-ethyl adjacent to an activating group) is 1. The molecule has 0 aromatic heterocycles. The van der Waals surface area contributed by atoms with E-state index in [2.05, 4.69) is 5.32 Å². The summed E-state index contributed by atoms with van der Waals surface area (Å²) < 4.78 is 0. The Morgan fingerprint density at radius 3 is 2.95 bits per heavy atom. The summed E-state index contributed by atoms with van der Waals surface area (Å²) in [7, 11) is 0. The molecule has 1 atom stereocenters. The van der Waals surface area contributed by atoms with E-state index in [1.54, 1.807) is 12.1 Å². The molecule has 6 nitrogen and oxygen atoms in total. The summed E-state index contributed by atoms with van der Waals surface area (Å²) in [6, 6.07) is 7.06. The molecule has 0 amide bonds. The van der Waals surface area contributed by atoms with E-state index < -0.39 is 4.92 Å². The lowest BCUT2D eigenvalue weighted by Crippen LogP contribution is -2.37. The molecule has 1 aromatic carbocycles. The molecule has 0 bridgehead atoms. The van der Waals surface area contributed by atoms with Gasteiger partial charge in [-0.1, -0.05) is 6.07 Å². The van der Waals surface area contributed by atoms with Crippen LogP contribution in [0.25, 0.3) is 0 Å². The zero-order chi connectivity index (χ0) is 13.8. The predicted molar refractivity (Wildman–Crippen MR) is 72.1 cm³/mol. The van der Waals surface area contributed by atoms with Crippen LogP contribution >= 0.6 is 0 Å². The zero-order valence-electron chi connectivity index (χ0n) is 10.8. The predicted octanol–water partition coefficient (Wildman–Crippen LogP) is 1.65. The molecule has 19 heavy (non-hydrogen) atoms. The van der Waals surface area contributed by atoms with E-state index >= 15 is 0 Å². The fourth-order valence-corrected chi connectivity index (χ4v) is 2.58. The number of rotatable bonds is 4. The Bertz CT molecular complexity index is 518. The van der Waals surface area contributed by atoms with Crippen molar-refractivity contribution in [3.05, 3.63) is 33.9 Å². The molecular formula is C13H16N4O2. The number of nitro groups is 1. The van der Waals surface area contributed by atoms with Crippen molar-refractivity contribution < 1.29 is 4.92 Å². The van der Waals surface area contributed by atoms with Crippen LogP contribution in [0.3, 0.4) is 0 Å². The number of hydrogen-bond donors (Lipinski definition) is 1. The van der Waals surface area contributed by atoms with E-state index in [4.69, 9.17) is 5.26 Å². The van der Waals surface area contributed by atoms with Crippen LogP contribution < -0.4 is 10.2 Å². The lowest BCUT2D eigenvalue weighted by Gasteiger charge is -2.29. The van der Waals surface area contributed by atoms with Gasteiger partial charge < -0.3 is 10.2 Å². The van der Waals surface area contributed by atoms with Crippen molar-refractivity contribution in [2.75, 3.05) is 24.5 Å². The molecular weight excluding hydrogens is 244 g/mol. The number of nitro benzene ring substituents is 1. The molecule has 0 spiro atoms. The van der Waals surface area contributed by atoms with Crippen molar-refractivity contribution in [1.29, 1.82) is 5.26 Å². The van der Waals surface area contributed by atoms with Gasteiger partial charge in [0.05, 0.1) is 4.92 Å². The standard InChI is InChI=1S/C13H16N4O2/c1-2-16(11-6-7-15-9-11)12-5-3-4-10(8-14)13(12)17(18)19/h3-5,11,15H,2,6-7,9H2,1H3. The third-order valence-corrected chi connectivity index (χ3v) is 3.44. The first-order valence-corrected chi connectivity index (χ1v) is 6.34. The molecule has 1 fully saturated rings. The normalized spacial score (nSPS) is 18.0. The molecule has 0 aliphatic carbocycles. The zero-order valence-corrected chi connectivity index (χ0v) is 10.8. The highest BCUT2D eigenvalue weighted by atomic mass is 16.6. The van der Waals surface area contributed by atoms with Crippen LogP contribution in [0.1, 0.15) is 18.9 Å². The van der Waals surface area contributed by atoms with Gasteiger partial charge in [0, 0.05) is 19.1 Å². The Labute approximate surface area is 111 Å². The van der Waals surface area contributed by atoms with Crippen molar-refractivity contribution in [2.45, 2.75) is 19.4 Å². The van der Waals surface area contributed by atoms with E-state index in [-0.39, 0.29) is 17.3 Å². The van der Waals surface area contributed by atoms with Crippen LogP contribution in [-0.4, -0.2) is 30.6 Å². The van der Waals surface area contributed by atoms with Crippen molar-refractivity contribution in [1.82, 2.24) is 5.32 Å². The second-order valence-electron chi connectivity index (χ2n) is 4.47. The number of benzene rings is 1. The Balaban J connectivity index is 2.47. The van der Waals surface area contributed by atoms with Gasteiger partial charge in [0.25, 0.3) is 0 Å². The van der Waals surface area contributed by atoms with Crippen LogP contribution in [0, 0.1) is 21.4 Å². The smallest absolute Gasteiger partial charge is 0.310 e. The molecule has 1 aliphatic rings. The molecule has 1 saturated heterocycles. The van der Waals surface area contributed by atoms with E-state index in [1.165, 1.54) is 6.07 Å². The first kappa shape index (κ1) is 13.3. The van der Waals surface area contributed by atoms with Gasteiger partial charge in [0.15, 0.2) is 0 Å². The summed E-state index contributed by atoms with van der Waals surface area (Å²) >= 11 is 0. The van der Waals surface area contributed by atoms with Gasteiger partial charge in [-0.2, -0.15) is 5.26 Å². The lowest BCUT2D eigenvalue weighted by molar-refractivity contribution is -0.384. The molecule has 1 unspecified atom stereocenters. The average Bonchev–Trinajstić information content (AvgIpc) is 2.93. The third kappa shape index (κ3) is 2.51. The summed E-state index contributed by atoms with van der Waals surface area (Å²) in [6.07, 6.45) is 0.960. The highest BCUT2D eigenvalue weighted by Crippen LogP contribution is 2.33. The van der Waals surface area contributed by atoms with Crippen LogP contribution in [0.4, 0.5) is 11.4 Å². The lowest BCUT2D eigenvalue weighted by atomic mass is 10.1. The summed E-state index contributed by atoms with van der Waals surface area (Å²) in [6.45, 7) is 4.40. The van der Waals surface area contributed by atoms with E-state index in [0.717, 1.165) is 19.5 Å². The first-order chi connectivity index (χ1) is 9.19. The Kier molecular flexibility index (Phi) is 3.97. The SMILES string of the molecule is CCN(c1cccc(C#N)c1[N+](=O)[O-])C1CCNC1. The number of para-hydroxylation sites is 1. The first-order valence-electron chi connectivity index (χ1n) is 6.34. The van der Waals surface area contributed by atoms with E-state index in [9.17, 15) is 10.1 Å². The topological polar surface area (TPSA) is 82.2 Å². The highest BCUT2D eigenvalue weighted by Gasteiger charge is 2.28. The van der Waals surface area contributed by atoms with Gasteiger partial charge in [-0.15, -0.1) is 0 Å².